The normalized spacial score (nSPS) is 19.3. The molecule has 0 radical (unpaired) electrons. The molecule has 1 aromatic rings. The minimum absolute atomic E-state index is 0.0728. The van der Waals surface area contributed by atoms with Gasteiger partial charge in [-0.15, -0.1) is 0 Å². The van der Waals surface area contributed by atoms with Gasteiger partial charge in [0, 0.05) is 49.8 Å². The molecule has 2 aliphatic rings. The van der Waals surface area contributed by atoms with Crippen LogP contribution in [0.4, 0.5) is 5.82 Å². The van der Waals surface area contributed by atoms with E-state index in [4.69, 9.17) is 0 Å². The Morgan fingerprint density at radius 3 is 2.43 bits per heavy atom. The molecule has 2 heterocycles. The molecule has 1 saturated carbocycles. The molecule has 0 atom stereocenters. The third kappa shape index (κ3) is 3.65. The first-order chi connectivity index (χ1) is 11.0. The van der Waals surface area contributed by atoms with Gasteiger partial charge >= 0.3 is 0 Å². The summed E-state index contributed by atoms with van der Waals surface area (Å²) in [5, 5.41) is 0. The van der Waals surface area contributed by atoms with Gasteiger partial charge in [0.05, 0.1) is 0 Å². The van der Waals surface area contributed by atoms with Gasteiger partial charge in [-0.1, -0.05) is 13.8 Å². The summed E-state index contributed by atoms with van der Waals surface area (Å²) in [6, 6.07) is 2.53. The number of amides is 1. The maximum absolute atomic E-state index is 12.2. The number of aromatic nitrogens is 2. The summed E-state index contributed by atoms with van der Waals surface area (Å²) in [6.45, 7) is 7.84. The van der Waals surface area contributed by atoms with Crippen LogP contribution in [0.3, 0.4) is 0 Å². The third-order valence-corrected chi connectivity index (χ3v) is 5.02. The monoisotopic (exact) mass is 316 g/mol. The van der Waals surface area contributed by atoms with Gasteiger partial charge in [-0.3, -0.25) is 4.79 Å². The molecule has 1 aliphatic heterocycles. The Bertz CT molecular complexity index is 574. The van der Waals surface area contributed by atoms with Crippen LogP contribution in [0, 0.1) is 12.8 Å². The van der Waals surface area contributed by atoms with Crippen LogP contribution < -0.4 is 4.90 Å². The van der Waals surface area contributed by atoms with Gasteiger partial charge in [-0.05, 0) is 32.6 Å². The number of carbonyl (C=O) groups excluding carboxylic acids is 1. The predicted octanol–water partition coefficient (Wildman–Crippen LogP) is 2.75. The highest BCUT2D eigenvalue weighted by Crippen LogP contribution is 2.40. The lowest BCUT2D eigenvalue weighted by Gasteiger charge is -2.38. The maximum atomic E-state index is 12.2. The molecule has 0 aromatic carbocycles. The van der Waals surface area contributed by atoms with Crippen molar-refractivity contribution in [2.24, 2.45) is 5.92 Å². The molecule has 0 N–H and O–H groups in total. The number of rotatable bonds is 4. The summed E-state index contributed by atoms with van der Waals surface area (Å²) in [7, 11) is 1.95. The first-order valence-corrected chi connectivity index (χ1v) is 8.83. The zero-order valence-corrected chi connectivity index (χ0v) is 14.7. The maximum Gasteiger partial charge on any atom is 0.225 e. The third-order valence-electron chi connectivity index (χ3n) is 5.02. The van der Waals surface area contributed by atoms with Crippen LogP contribution in [0.5, 0.6) is 0 Å². The molecule has 5 heteroatoms. The van der Waals surface area contributed by atoms with Gasteiger partial charge in [-0.2, -0.15) is 0 Å². The molecule has 0 unspecified atom stereocenters. The van der Waals surface area contributed by atoms with Crippen LogP contribution in [-0.4, -0.2) is 47.0 Å². The van der Waals surface area contributed by atoms with Crippen LogP contribution in [0.25, 0.3) is 0 Å². The van der Waals surface area contributed by atoms with Crippen LogP contribution in [0.15, 0.2) is 6.07 Å². The van der Waals surface area contributed by atoms with E-state index in [9.17, 15) is 4.79 Å². The minimum atomic E-state index is 0.0728. The largest absolute Gasteiger partial charge is 0.356 e. The van der Waals surface area contributed by atoms with E-state index in [1.807, 2.05) is 32.7 Å². The number of piperidine rings is 1. The second kappa shape index (κ2) is 6.46. The highest BCUT2D eigenvalue weighted by atomic mass is 16.2. The Morgan fingerprint density at radius 2 is 1.87 bits per heavy atom. The topological polar surface area (TPSA) is 49.3 Å². The van der Waals surface area contributed by atoms with Gasteiger partial charge < -0.3 is 9.80 Å². The molecule has 126 valence electrons. The van der Waals surface area contributed by atoms with Crippen LogP contribution in [-0.2, 0) is 4.79 Å². The molecule has 1 amide bonds. The van der Waals surface area contributed by atoms with E-state index in [0.29, 0.717) is 12.0 Å². The summed E-state index contributed by atoms with van der Waals surface area (Å²) in [4.78, 5) is 25.7. The summed E-state index contributed by atoms with van der Waals surface area (Å²) in [5.41, 5.74) is 1.21. The zero-order valence-electron chi connectivity index (χ0n) is 14.7. The van der Waals surface area contributed by atoms with Crippen molar-refractivity contribution in [1.82, 2.24) is 14.9 Å². The number of carbonyl (C=O) groups is 1. The molecule has 2 fully saturated rings. The van der Waals surface area contributed by atoms with E-state index >= 15 is 0 Å². The lowest BCUT2D eigenvalue weighted by Crippen LogP contribution is -2.47. The lowest BCUT2D eigenvalue weighted by molar-refractivity contribution is -0.135. The van der Waals surface area contributed by atoms with E-state index < -0.39 is 0 Å². The van der Waals surface area contributed by atoms with Crippen molar-refractivity contribution < 1.29 is 4.79 Å². The first-order valence-electron chi connectivity index (χ1n) is 8.83. The highest BCUT2D eigenvalue weighted by molar-refractivity contribution is 5.78. The summed E-state index contributed by atoms with van der Waals surface area (Å²) < 4.78 is 0. The second-order valence-corrected chi connectivity index (χ2v) is 7.29. The van der Waals surface area contributed by atoms with E-state index in [1.54, 1.807) is 0 Å². The summed E-state index contributed by atoms with van der Waals surface area (Å²) >= 11 is 0. The number of anilines is 1. The van der Waals surface area contributed by atoms with Crippen molar-refractivity contribution in [3.05, 3.63) is 17.6 Å². The standard InChI is InChI=1S/C18H28N4O/c1-12(2)18(23)21(4)15-7-9-22(10-8-15)17-11-16(14-5-6-14)19-13(3)20-17/h11-12,14-15H,5-10H2,1-4H3. The van der Waals surface area contributed by atoms with Gasteiger partial charge in [0.1, 0.15) is 11.6 Å². The van der Waals surface area contributed by atoms with E-state index in [2.05, 4.69) is 20.9 Å². The quantitative estimate of drug-likeness (QED) is 0.857. The Morgan fingerprint density at radius 1 is 1.22 bits per heavy atom. The number of nitrogens with zero attached hydrogens (tertiary/aromatic N) is 4. The van der Waals surface area contributed by atoms with Crippen LogP contribution >= 0.6 is 0 Å². The van der Waals surface area contributed by atoms with Crippen molar-refractivity contribution in [2.75, 3.05) is 25.0 Å². The molecule has 1 aromatic heterocycles. The Hall–Kier alpha value is -1.65. The predicted molar refractivity (Wildman–Crippen MR) is 91.6 cm³/mol. The van der Waals surface area contributed by atoms with Crippen molar-refractivity contribution in [3.63, 3.8) is 0 Å². The van der Waals surface area contributed by atoms with Gasteiger partial charge in [0.15, 0.2) is 0 Å². The van der Waals surface area contributed by atoms with Crippen LogP contribution in [0.1, 0.15) is 57.0 Å². The van der Waals surface area contributed by atoms with Gasteiger partial charge in [0.2, 0.25) is 5.91 Å². The molecular weight excluding hydrogens is 288 g/mol. The molecule has 0 spiro atoms. The molecule has 1 aliphatic carbocycles. The SMILES string of the molecule is Cc1nc(C2CC2)cc(N2CCC(N(C)C(=O)C(C)C)CC2)n1. The Labute approximate surface area is 139 Å². The number of hydrogen-bond acceptors (Lipinski definition) is 4. The number of aryl methyl sites for hydroxylation is 1. The molecule has 5 nitrogen and oxygen atoms in total. The summed E-state index contributed by atoms with van der Waals surface area (Å²) in [6.07, 6.45) is 4.55. The fourth-order valence-electron chi connectivity index (χ4n) is 3.39. The Kier molecular flexibility index (Phi) is 4.55. The van der Waals surface area contributed by atoms with E-state index in [-0.39, 0.29) is 11.8 Å². The Balaban J connectivity index is 1.64. The minimum Gasteiger partial charge on any atom is -0.356 e. The average molecular weight is 316 g/mol. The van der Waals surface area contributed by atoms with Crippen LogP contribution in [0.2, 0.25) is 0 Å². The van der Waals surface area contributed by atoms with Crippen molar-refractivity contribution >= 4 is 11.7 Å². The van der Waals surface area contributed by atoms with Gasteiger partial charge in [-0.25, -0.2) is 9.97 Å². The smallest absolute Gasteiger partial charge is 0.225 e. The molecule has 23 heavy (non-hydrogen) atoms. The second-order valence-electron chi connectivity index (χ2n) is 7.29. The first kappa shape index (κ1) is 16.2. The molecular formula is C18H28N4O. The van der Waals surface area contributed by atoms with E-state index in [1.165, 1.54) is 18.5 Å². The highest BCUT2D eigenvalue weighted by Gasteiger charge is 2.29. The number of hydrogen-bond donors (Lipinski definition) is 0. The fraction of sp³-hybridized carbons (Fsp3) is 0.722. The molecule has 1 saturated heterocycles. The molecule has 0 bridgehead atoms. The fourth-order valence-corrected chi connectivity index (χ4v) is 3.39. The average Bonchev–Trinajstić information content (AvgIpc) is 3.38. The zero-order chi connectivity index (χ0) is 16.6. The molecule has 3 rings (SSSR count). The lowest BCUT2D eigenvalue weighted by atomic mass is 10.0. The van der Waals surface area contributed by atoms with Crippen molar-refractivity contribution in [3.8, 4) is 0 Å². The van der Waals surface area contributed by atoms with Gasteiger partial charge in [0.25, 0.3) is 0 Å². The van der Waals surface area contributed by atoms with E-state index in [0.717, 1.165) is 37.6 Å². The van der Waals surface area contributed by atoms with Crippen molar-refractivity contribution in [1.29, 1.82) is 0 Å². The summed E-state index contributed by atoms with van der Waals surface area (Å²) in [5.74, 6) is 2.91. The van der Waals surface area contributed by atoms with Crippen molar-refractivity contribution in [2.45, 2.75) is 58.4 Å².